The second kappa shape index (κ2) is 9.76. The number of rotatable bonds is 8. The van der Waals surface area contributed by atoms with Crippen molar-refractivity contribution in [2.75, 3.05) is 5.32 Å². The van der Waals surface area contributed by atoms with Crippen LogP contribution in [0.15, 0.2) is 95.6 Å². The molecule has 1 unspecified atom stereocenters. The quantitative estimate of drug-likeness (QED) is 0.388. The standard InChI is InChI=1S/C26H24N2O3.2H2/c29-25(21-12-5-2-6-13-21)28-23(16-7-11-19-9-3-1-4-10-19)26(30)27-22-15-8-14-20-17-18-31-24(20)22;;/h1-6,8-10,12-15,17-18,23H,7,11,16H2,(H,27,30)(H,28,29);2*1H. The zero-order chi connectivity index (χ0) is 21.5. The normalized spacial score (nSPS) is 11.7. The summed E-state index contributed by atoms with van der Waals surface area (Å²) in [6, 6.07) is 25.8. The van der Waals surface area contributed by atoms with Gasteiger partial charge in [0.15, 0.2) is 5.58 Å². The lowest BCUT2D eigenvalue weighted by atomic mass is 10.0. The molecule has 0 bridgehead atoms. The van der Waals surface area contributed by atoms with Gasteiger partial charge >= 0.3 is 0 Å². The number of aryl methyl sites for hydroxylation is 1. The fraction of sp³-hybridized carbons (Fsp3) is 0.154. The predicted octanol–water partition coefficient (Wildman–Crippen LogP) is 5.68. The maximum Gasteiger partial charge on any atom is 0.251 e. The van der Waals surface area contributed by atoms with Crippen molar-refractivity contribution in [1.29, 1.82) is 0 Å². The minimum Gasteiger partial charge on any atom is -0.462 e. The van der Waals surface area contributed by atoms with Crippen molar-refractivity contribution in [2.45, 2.75) is 25.3 Å². The van der Waals surface area contributed by atoms with Crippen LogP contribution in [0.2, 0.25) is 0 Å². The Morgan fingerprint density at radius 3 is 2.39 bits per heavy atom. The van der Waals surface area contributed by atoms with E-state index < -0.39 is 6.04 Å². The summed E-state index contributed by atoms with van der Waals surface area (Å²) in [7, 11) is 0. The highest BCUT2D eigenvalue weighted by Gasteiger charge is 2.22. The Balaban J connectivity index is 0.00000193. The van der Waals surface area contributed by atoms with Crippen molar-refractivity contribution in [3.63, 3.8) is 0 Å². The number of hydrogen-bond donors (Lipinski definition) is 2. The summed E-state index contributed by atoms with van der Waals surface area (Å²) < 4.78 is 5.52. The van der Waals surface area contributed by atoms with Crippen LogP contribution in [-0.4, -0.2) is 17.9 Å². The Labute approximate surface area is 184 Å². The van der Waals surface area contributed by atoms with E-state index in [-0.39, 0.29) is 14.7 Å². The van der Waals surface area contributed by atoms with Gasteiger partial charge < -0.3 is 15.1 Å². The van der Waals surface area contributed by atoms with Gasteiger partial charge in [0.05, 0.1) is 12.0 Å². The molecule has 1 heterocycles. The molecular weight excluding hydrogens is 388 g/mol. The molecule has 0 aliphatic carbocycles. The first-order valence-electron chi connectivity index (χ1n) is 10.4. The van der Waals surface area contributed by atoms with E-state index in [1.54, 1.807) is 36.6 Å². The second-order valence-corrected chi connectivity index (χ2v) is 7.40. The first kappa shape index (κ1) is 20.4. The van der Waals surface area contributed by atoms with Gasteiger partial charge in [-0.05, 0) is 49.1 Å². The number of benzene rings is 3. The molecule has 0 saturated heterocycles. The molecule has 0 radical (unpaired) electrons. The van der Waals surface area contributed by atoms with E-state index >= 15 is 0 Å². The third-order valence-electron chi connectivity index (χ3n) is 5.20. The third kappa shape index (κ3) is 5.20. The van der Waals surface area contributed by atoms with E-state index in [1.165, 1.54) is 5.56 Å². The zero-order valence-electron chi connectivity index (χ0n) is 17.1. The van der Waals surface area contributed by atoms with Crippen LogP contribution in [0.25, 0.3) is 11.0 Å². The summed E-state index contributed by atoms with van der Waals surface area (Å²) in [5.41, 5.74) is 2.94. The summed E-state index contributed by atoms with van der Waals surface area (Å²) in [5, 5.41) is 6.74. The summed E-state index contributed by atoms with van der Waals surface area (Å²) in [4.78, 5) is 25.8. The average molecular weight is 417 g/mol. The van der Waals surface area contributed by atoms with Crippen molar-refractivity contribution in [2.24, 2.45) is 0 Å². The predicted molar refractivity (Wildman–Crippen MR) is 126 cm³/mol. The average Bonchev–Trinajstić information content (AvgIpc) is 3.29. The third-order valence-corrected chi connectivity index (χ3v) is 5.20. The molecule has 0 spiro atoms. The van der Waals surface area contributed by atoms with Crippen LogP contribution in [0.4, 0.5) is 5.69 Å². The molecule has 3 aromatic carbocycles. The smallest absolute Gasteiger partial charge is 0.251 e. The van der Waals surface area contributed by atoms with E-state index in [2.05, 4.69) is 22.8 Å². The van der Waals surface area contributed by atoms with Crippen LogP contribution in [0.5, 0.6) is 0 Å². The fourth-order valence-electron chi connectivity index (χ4n) is 3.57. The fourth-order valence-corrected chi connectivity index (χ4v) is 3.57. The number of nitrogens with one attached hydrogen (secondary N) is 2. The van der Waals surface area contributed by atoms with Gasteiger partial charge in [0.2, 0.25) is 5.91 Å². The van der Waals surface area contributed by atoms with Gasteiger partial charge in [0, 0.05) is 13.8 Å². The van der Waals surface area contributed by atoms with E-state index in [4.69, 9.17) is 4.42 Å². The molecule has 2 N–H and O–H groups in total. The van der Waals surface area contributed by atoms with E-state index in [0.29, 0.717) is 23.3 Å². The molecule has 5 nitrogen and oxygen atoms in total. The Bertz CT molecular complexity index is 1160. The lowest BCUT2D eigenvalue weighted by Gasteiger charge is -2.19. The van der Waals surface area contributed by atoms with Gasteiger partial charge in [-0.1, -0.05) is 60.7 Å². The molecule has 4 rings (SSSR count). The summed E-state index contributed by atoms with van der Waals surface area (Å²) in [6.07, 6.45) is 3.71. The molecule has 1 atom stereocenters. The molecule has 31 heavy (non-hydrogen) atoms. The maximum atomic E-state index is 13.1. The van der Waals surface area contributed by atoms with E-state index in [0.717, 1.165) is 18.2 Å². The van der Waals surface area contributed by atoms with Gasteiger partial charge in [-0.2, -0.15) is 0 Å². The molecular formula is C26H28N2O3. The van der Waals surface area contributed by atoms with Crippen molar-refractivity contribution in [3.8, 4) is 0 Å². The lowest BCUT2D eigenvalue weighted by molar-refractivity contribution is -0.118. The zero-order valence-corrected chi connectivity index (χ0v) is 17.1. The number of furan rings is 1. The Hall–Kier alpha value is -3.86. The highest BCUT2D eigenvalue weighted by molar-refractivity contribution is 6.04. The van der Waals surface area contributed by atoms with Gasteiger partial charge in [-0.15, -0.1) is 0 Å². The highest BCUT2D eigenvalue weighted by Crippen LogP contribution is 2.24. The highest BCUT2D eigenvalue weighted by atomic mass is 16.3. The number of amides is 2. The molecule has 1 aromatic heterocycles. The first-order valence-corrected chi connectivity index (χ1v) is 10.4. The molecule has 5 heteroatoms. The number of carbonyl (C=O) groups excluding carboxylic acids is 2. The van der Waals surface area contributed by atoms with Crippen molar-refractivity contribution < 1.29 is 16.9 Å². The van der Waals surface area contributed by atoms with E-state index in [9.17, 15) is 9.59 Å². The van der Waals surface area contributed by atoms with Crippen LogP contribution >= 0.6 is 0 Å². The van der Waals surface area contributed by atoms with Crippen LogP contribution < -0.4 is 10.6 Å². The molecule has 160 valence electrons. The Morgan fingerprint density at radius 2 is 1.61 bits per heavy atom. The Kier molecular flexibility index (Phi) is 6.43. The van der Waals surface area contributed by atoms with Crippen molar-refractivity contribution in [3.05, 3.63) is 102 Å². The number of fused-ring (bicyclic) bond motifs is 1. The SMILES string of the molecule is O=C(NC(CCCc1ccccc1)C(=O)Nc1cccc2ccoc12)c1ccccc1.[HH].[HH]. The van der Waals surface area contributed by atoms with Crippen LogP contribution in [0.3, 0.4) is 0 Å². The van der Waals surface area contributed by atoms with Crippen LogP contribution in [0, 0.1) is 0 Å². The molecule has 0 aliphatic rings. The summed E-state index contributed by atoms with van der Waals surface area (Å²) >= 11 is 0. The maximum absolute atomic E-state index is 13.1. The van der Waals surface area contributed by atoms with Crippen LogP contribution in [-0.2, 0) is 11.2 Å². The topological polar surface area (TPSA) is 71.3 Å². The monoisotopic (exact) mass is 416 g/mol. The molecule has 0 aliphatic heterocycles. The van der Waals surface area contributed by atoms with Gasteiger partial charge in [-0.25, -0.2) is 0 Å². The molecule has 2 amide bonds. The van der Waals surface area contributed by atoms with Gasteiger partial charge in [-0.3, -0.25) is 9.59 Å². The van der Waals surface area contributed by atoms with Gasteiger partial charge in [0.1, 0.15) is 6.04 Å². The second-order valence-electron chi connectivity index (χ2n) is 7.40. The minimum absolute atomic E-state index is 0. The van der Waals surface area contributed by atoms with Gasteiger partial charge in [0.25, 0.3) is 5.91 Å². The van der Waals surface area contributed by atoms with E-state index in [1.807, 2.05) is 42.5 Å². The summed E-state index contributed by atoms with van der Waals surface area (Å²) in [5.74, 6) is -0.530. The molecule has 0 saturated carbocycles. The molecule has 0 fully saturated rings. The number of carbonyl (C=O) groups is 2. The largest absolute Gasteiger partial charge is 0.462 e. The first-order chi connectivity index (χ1) is 15.2. The van der Waals surface area contributed by atoms with Crippen molar-refractivity contribution >= 4 is 28.5 Å². The number of para-hydroxylation sites is 1. The van der Waals surface area contributed by atoms with Crippen molar-refractivity contribution in [1.82, 2.24) is 5.32 Å². The number of anilines is 1. The van der Waals surface area contributed by atoms with Crippen LogP contribution in [0.1, 0.15) is 31.6 Å². The lowest BCUT2D eigenvalue weighted by Crippen LogP contribution is -2.43. The summed E-state index contributed by atoms with van der Waals surface area (Å²) in [6.45, 7) is 0. The molecule has 4 aromatic rings. The number of hydrogen-bond acceptors (Lipinski definition) is 3. The Morgan fingerprint density at radius 1 is 0.871 bits per heavy atom. The minimum atomic E-state index is -0.665.